The lowest BCUT2D eigenvalue weighted by Gasteiger charge is -1.93. The molecule has 0 aromatic rings. The Morgan fingerprint density at radius 3 is 2.40 bits per heavy atom. The van der Waals surface area contributed by atoms with E-state index >= 15 is 0 Å². The van der Waals surface area contributed by atoms with E-state index in [2.05, 4.69) is 38.6 Å². The zero-order valence-corrected chi connectivity index (χ0v) is 7.02. The van der Waals surface area contributed by atoms with Crippen molar-refractivity contribution in [2.75, 3.05) is 6.54 Å². The van der Waals surface area contributed by atoms with E-state index < -0.39 is 0 Å². The van der Waals surface area contributed by atoms with Crippen LogP contribution < -0.4 is 0 Å². The Balaban J connectivity index is 3.89. The van der Waals surface area contributed by atoms with E-state index in [1.54, 1.807) is 0 Å². The summed E-state index contributed by atoms with van der Waals surface area (Å²) < 4.78 is 0. The normalized spacial score (nSPS) is 9.90. The van der Waals surface area contributed by atoms with Crippen molar-refractivity contribution in [1.29, 1.82) is 0 Å². The summed E-state index contributed by atoms with van der Waals surface area (Å²) in [6, 6.07) is 0. The summed E-state index contributed by atoms with van der Waals surface area (Å²) in [7, 11) is 0. The molecule has 0 rings (SSSR count). The number of hydrogen-bond acceptors (Lipinski definition) is 1. The largest absolute Gasteiger partial charge is 0.297 e. The number of nitrogens with zero attached hydrogens (tertiary/aromatic N) is 1. The smallest absolute Gasteiger partial charge is 0.0566 e. The molecule has 0 spiro atoms. The molecule has 0 unspecified atom stereocenters. The third-order valence-electron chi connectivity index (χ3n) is 1.39. The van der Waals surface area contributed by atoms with Crippen LogP contribution in [0.2, 0.25) is 0 Å². The molecule has 0 amide bonds. The minimum absolute atomic E-state index is 0.713. The average Bonchev–Trinajstić information content (AvgIpc) is 1.88. The van der Waals surface area contributed by atoms with Crippen molar-refractivity contribution >= 4 is 6.72 Å². The monoisotopic (exact) mass is 137 g/mol. The SMILES string of the molecule is C=NC/C=C\C(C)=C(C)C. The molecule has 0 radical (unpaired) electrons. The molecule has 0 aliphatic carbocycles. The molecule has 0 atom stereocenters. The highest BCUT2D eigenvalue weighted by Crippen LogP contribution is 2.02. The second-order valence-electron chi connectivity index (χ2n) is 2.49. The molecule has 0 aromatic heterocycles. The van der Waals surface area contributed by atoms with Crippen molar-refractivity contribution in [2.45, 2.75) is 20.8 Å². The summed E-state index contributed by atoms with van der Waals surface area (Å²) in [6.07, 6.45) is 4.08. The minimum atomic E-state index is 0.713. The first-order valence-electron chi connectivity index (χ1n) is 3.41. The highest BCUT2D eigenvalue weighted by atomic mass is 14.6. The van der Waals surface area contributed by atoms with Crippen molar-refractivity contribution in [3.63, 3.8) is 0 Å². The van der Waals surface area contributed by atoms with Crippen molar-refractivity contribution < 1.29 is 0 Å². The van der Waals surface area contributed by atoms with E-state index in [1.165, 1.54) is 11.1 Å². The van der Waals surface area contributed by atoms with Gasteiger partial charge in [-0.3, -0.25) is 4.99 Å². The molecule has 10 heavy (non-hydrogen) atoms. The molecule has 0 saturated carbocycles. The topological polar surface area (TPSA) is 12.4 Å². The average molecular weight is 137 g/mol. The van der Waals surface area contributed by atoms with Gasteiger partial charge in [0.25, 0.3) is 0 Å². The molecule has 0 aliphatic rings. The first-order chi connectivity index (χ1) is 4.68. The van der Waals surface area contributed by atoms with Crippen LogP contribution in [0.15, 0.2) is 28.3 Å². The van der Waals surface area contributed by atoms with Crippen LogP contribution in [-0.4, -0.2) is 13.3 Å². The van der Waals surface area contributed by atoms with Gasteiger partial charge < -0.3 is 0 Å². The lowest BCUT2D eigenvalue weighted by Crippen LogP contribution is -1.75. The molecule has 0 saturated heterocycles. The van der Waals surface area contributed by atoms with Gasteiger partial charge in [0, 0.05) is 0 Å². The summed E-state index contributed by atoms with van der Waals surface area (Å²) in [6.45, 7) is 10.4. The Bertz CT molecular complexity index is 160. The summed E-state index contributed by atoms with van der Waals surface area (Å²) >= 11 is 0. The summed E-state index contributed by atoms with van der Waals surface area (Å²) in [5.41, 5.74) is 2.66. The van der Waals surface area contributed by atoms with Crippen LogP contribution in [0.1, 0.15) is 20.8 Å². The fraction of sp³-hybridized carbons (Fsp3) is 0.444. The Labute approximate surface area is 63.2 Å². The molecule has 1 nitrogen and oxygen atoms in total. The molecule has 0 fully saturated rings. The zero-order valence-electron chi connectivity index (χ0n) is 7.02. The van der Waals surface area contributed by atoms with Crippen molar-refractivity contribution in [2.24, 2.45) is 4.99 Å². The Hall–Kier alpha value is -0.850. The molecule has 0 bridgehead atoms. The minimum Gasteiger partial charge on any atom is -0.297 e. The van der Waals surface area contributed by atoms with Crippen molar-refractivity contribution in [3.8, 4) is 0 Å². The molecule has 0 aliphatic heterocycles. The molecule has 0 heterocycles. The zero-order chi connectivity index (χ0) is 7.98. The van der Waals surface area contributed by atoms with E-state index in [0.717, 1.165) is 0 Å². The van der Waals surface area contributed by atoms with Gasteiger partial charge in [-0.05, 0) is 27.5 Å². The van der Waals surface area contributed by atoms with Crippen LogP contribution in [0, 0.1) is 0 Å². The van der Waals surface area contributed by atoms with Gasteiger partial charge in [-0.15, -0.1) is 0 Å². The fourth-order valence-corrected chi connectivity index (χ4v) is 0.471. The van der Waals surface area contributed by atoms with Gasteiger partial charge in [-0.1, -0.05) is 23.3 Å². The highest BCUT2D eigenvalue weighted by molar-refractivity contribution is 5.25. The summed E-state index contributed by atoms with van der Waals surface area (Å²) in [4.78, 5) is 3.71. The predicted molar refractivity (Wildman–Crippen MR) is 47.6 cm³/mol. The first-order valence-corrected chi connectivity index (χ1v) is 3.41. The van der Waals surface area contributed by atoms with Crippen LogP contribution in [0.5, 0.6) is 0 Å². The Kier molecular flexibility index (Phi) is 4.55. The van der Waals surface area contributed by atoms with Crippen molar-refractivity contribution in [1.82, 2.24) is 0 Å². The van der Waals surface area contributed by atoms with Crippen LogP contribution in [0.3, 0.4) is 0 Å². The quantitative estimate of drug-likeness (QED) is 0.419. The van der Waals surface area contributed by atoms with E-state index in [1.807, 2.05) is 6.08 Å². The van der Waals surface area contributed by atoms with Crippen LogP contribution in [0.25, 0.3) is 0 Å². The van der Waals surface area contributed by atoms with Crippen molar-refractivity contribution in [3.05, 3.63) is 23.3 Å². The number of allylic oxidation sites excluding steroid dienone is 3. The lowest BCUT2D eigenvalue weighted by atomic mass is 10.2. The van der Waals surface area contributed by atoms with Gasteiger partial charge in [0.1, 0.15) is 0 Å². The Morgan fingerprint density at radius 1 is 1.40 bits per heavy atom. The molecular weight excluding hydrogens is 122 g/mol. The number of aliphatic imine (C=N–C) groups is 1. The Morgan fingerprint density at radius 2 is 2.00 bits per heavy atom. The highest BCUT2D eigenvalue weighted by Gasteiger charge is 1.82. The fourth-order valence-electron chi connectivity index (χ4n) is 0.471. The maximum Gasteiger partial charge on any atom is 0.0566 e. The lowest BCUT2D eigenvalue weighted by molar-refractivity contribution is 1.24. The molecule has 0 N–H and O–H groups in total. The molecular formula is C9H15N. The number of rotatable bonds is 3. The summed E-state index contributed by atoms with van der Waals surface area (Å²) in [5.74, 6) is 0. The van der Waals surface area contributed by atoms with Gasteiger partial charge >= 0.3 is 0 Å². The van der Waals surface area contributed by atoms with Gasteiger partial charge in [-0.25, -0.2) is 0 Å². The van der Waals surface area contributed by atoms with Crippen LogP contribution >= 0.6 is 0 Å². The predicted octanol–water partition coefficient (Wildman–Crippen LogP) is 2.60. The molecule has 0 aromatic carbocycles. The van der Waals surface area contributed by atoms with Gasteiger partial charge in [0.15, 0.2) is 0 Å². The van der Waals surface area contributed by atoms with E-state index in [4.69, 9.17) is 0 Å². The maximum atomic E-state index is 3.71. The van der Waals surface area contributed by atoms with E-state index in [-0.39, 0.29) is 0 Å². The molecule has 56 valence electrons. The standard InChI is InChI=1S/C9H15N/c1-8(2)9(3)6-5-7-10-4/h5-6H,4,7H2,1-3H3/b6-5-. The third kappa shape index (κ3) is 4.07. The first kappa shape index (κ1) is 9.15. The maximum absolute atomic E-state index is 3.71. The molecule has 1 heteroatoms. The van der Waals surface area contributed by atoms with Gasteiger partial charge in [0.2, 0.25) is 0 Å². The second kappa shape index (κ2) is 4.98. The third-order valence-corrected chi connectivity index (χ3v) is 1.39. The van der Waals surface area contributed by atoms with Crippen LogP contribution in [0.4, 0.5) is 0 Å². The van der Waals surface area contributed by atoms with E-state index in [9.17, 15) is 0 Å². The van der Waals surface area contributed by atoms with E-state index in [0.29, 0.717) is 6.54 Å². The van der Waals surface area contributed by atoms with Crippen LogP contribution in [-0.2, 0) is 0 Å². The van der Waals surface area contributed by atoms with Gasteiger partial charge in [-0.2, -0.15) is 0 Å². The second-order valence-corrected chi connectivity index (χ2v) is 2.49. The number of hydrogen-bond donors (Lipinski definition) is 0. The summed E-state index contributed by atoms with van der Waals surface area (Å²) in [5, 5.41) is 0. The van der Waals surface area contributed by atoms with Gasteiger partial charge in [0.05, 0.1) is 6.54 Å².